The van der Waals surface area contributed by atoms with E-state index in [0.717, 1.165) is 27.8 Å². The third-order valence-corrected chi connectivity index (χ3v) is 5.12. The molecule has 0 atom stereocenters. The van der Waals surface area contributed by atoms with Gasteiger partial charge in [-0.2, -0.15) is 0 Å². The second-order valence-corrected chi connectivity index (χ2v) is 7.41. The average Bonchev–Trinajstić information content (AvgIpc) is 3.11. The zero-order valence-electron chi connectivity index (χ0n) is 17.9. The second-order valence-electron chi connectivity index (χ2n) is 7.41. The number of hydrogen-bond donors (Lipinski definition) is 1. The van der Waals surface area contributed by atoms with E-state index in [1.165, 1.54) is 0 Å². The number of amides is 1. The Kier molecular flexibility index (Phi) is 5.89. The van der Waals surface area contributed by atoms with E-state index >= 15 is 0 Å². The van der Waals surface area contributed by atoms with E-state index in [0.29, 0.717) is 17.3 Å². The van der Waals surface area contributed by atoms with E-state index in [1.807, 2.05) is 79.1 Å². The summed E-state index contributed by atoms with van der Waals surface area (Å²) >= 11 is 0. The molecule has 0 radical (unpaired) electrons. The maximum Gasteiger partial charge on any atom is 0.244 e. The zero-order chi connectivity index (χ0) is 21.8. The highest BCUT2D eigenvalue weighted by molar-refractivity contribution is 5.92. The van der Waals surface area contributed by atoms with Gasteiger partial charge in [0, 0.05) is 5.69 Å². The standard InChI is InChI=1S/C25H25N3O3/c1-17-12-13-19(18(2)14-17)27-25(29)15-28-21-9-5-4-8-20(21)26-24(28)16-31-23-11-7-6-10-22(23)30-3/h4-14H,15-16H2,1-3H3,(H,27,29). The predicted molar refractivity (Wildman–Crippen MR) is 122 cm³/mol. The van der Waals surface area contributed by atoms with Crippen molar-refractivity contribution in [2.24, 2.45) is 0 Å². The molecule has 158 valence electrons. The quantitative estimate of drug-likeness (QED) is 0.467. The van der Waals surface area contributed by atoms with Crippen LogP contribution in [-0.4, -0.2) is 22.6 Å². The molecule has 6 heteroatoms. The Morgan fingerprint density at radius 2 is 1.74 bits per heavy atom. The minimum Gasteiger partial charge on any atom is -0.493 e. The van der Waals surface area contributed by atoms with Gasteiger partial charge in [-0.15, -0.1) is 0 Å². The average molecular weight is 415 g/mol. The van der Waals surface area contributed by atoms with Crippen LogP contribution in [-0.2, 0) is 17.9 Å². The highest BCUT2D eigenvalue weighted by atomic mass is 16.5. The lowest BCUT2D eigenvalue weighted by Crippen LogP contribution is -2.21. The fraction of sp³-hybridized carbons (Fsp3) is 0.200. The molecule has 4 aromatic rings. The van der Waals surface area contributed by atoms with Gasteiger partial charge in [0.05, 0.1) is 18.1 Å². The number of hydrogen-bond acceptors (Lipinski definition) is 4. The molecule has 0 spiro atoms. The van der Waals surface area contributed by atoms with Crippen LogP contribution < -0.4 is 14.8 Å². The van der Waals surface area contributed by atoms with Gasteiger partial charge in [-0.25, -0.2) is 4.98 Å². The Morgan fingerprint density at radius 3 is 2.52 bits per heavy atom. The molecule has 0 saturated carbocycles. The van der Waals surface area contributed by atoms with E-state index in [2.05, 4.69) is 16.4 Å². The van der Waals surface area contributed by atoms with Crippen LogP contribution >= 0.6 is 0 Å². The number of imidazole rings is 1. The number of aryl methyl sites for hydroxylation is 2. The summed E-state index contributed by atoms with van der Waals surface area (Å²) in [6.45, 7) is 4.37. The summed E-state index contributed by atoms with van der Waals surface area (Å²) in [5, 5.41) is 3.01. The van der Waals surface area contributed by atoms with Crippen molar-refractivity contribution >= 4 is 22.6 Å². The van der Waals surface area contributed by atoms with E-state index in [1.54, 1.807) is 7.11 Å². The minimum absolute atomic E-state index is 0.117. The largest absolute Gasteiger partial charge is 0.493 e. The number of ether oxygens (including phenoxy) is 2. The first-order valence-electron chi connectivity index (χ1n) is 10.1. The Balaban J connectivity index is 1.58. The van der Waals surface area contributed by atoms with Crippen LogP contribution in [0.1, 0.15) is 17.0 Å². The van der Waals surface area contributed by atoms with E-state index in [-0.39, 0.29) is 19.1 Å². The number of carbonyl (C=O) groups is 1. The smallest absolute Gasteiger partial charge is 0.244 e. The molecule has 0 unspecified atom stereocenters. The number of methoxy groups -OCH3 is 1. The van der Waals surface area contributed by atoms with E-state index in [4.69, 9.17) is 9.47 Å². The molecule has 6 nitrogen and oxygen atoms in total. The van der Waals surface area contributed by atoms with Crippen LogP contribution in [0.4, 0.5) is 5.69 Å². The lowest BCUT2D eigenvalue weighted by Gasteiger charge is -2.13. The number of aromatic nitrogens is 2. The topological polar surface area (TPSA) is 65.4 Å². The number of para-hydroxylation sites is 4. The first-order chi connectivity index (χ1) is 15.0. The number of fused-ring (bicyclic) bond motifs is 1. The van der Waals surface area contributed by atoms with Gasteiger partial charge in [0.25, 0.3) is 0 Å². The van der Waals surface area contributed by atoms with Crippen molar-refractivity contribution in [3.05, 3.63) is 83.7 Å². The van der Waals surface area contributed by atoms with Crippen molar-refractivity contribution in [1.82, 2.24) is 9.55 Å². The van der Waals surface area contributed by atoms with Gasteiger partial charge in [0.2, 0.25) is 5.91 Å². The number of nitrogens with one attached hydrogen (secondary N) is 1. The molecule has 3 aromatic carbocycles. The normalized spacial score (nSPS) is 10.8. The Bertz CT molecular complexity index is 1230. The monoisotopic (exact) mass is 415 g/mol. The lowest BCUT2D eigenvalue weighted by molar-refractivity contribution is -0.116. The van der Waals surface area contributed by atoms with Gasteiger partial charge in [0.15, 0.2) is 11.5 Å². The number of anilines is 1. The highest BCUT2D eigenvalue weighted by Gasteiger charge is 2.15. The first kappa shape index (κ1) is 20.5. The maximum absolute atomic E-state index is 12.9. The molecule has 0 aliphatic heterocycles. The third-order valence-electron chi connectivity index (χ3n) is 5.12. The van der Waals surface area contributed by atoms with Crippen molar-refractivity contribution < 1.29 is 14.3 Å². The lowest BCUT2D eigenvalue weighted by atomic mass is 10.1. The van der Waals surface area contributed by atoms with E-state index in [9.17, 15) is 4.79 Å². The predicted octanol–water partition coefficient (Wildman–Crippen LogP) is 4.88. The zero-order valence-corrected chi connectivity index (χ0v) is 17.9. The fourth-order valence-electron chi connectivity index (χ4n) is 3.58. The van der Waals surface area contributed by atoms with Gasteiger partial charge in [0.1, 0.15) is 19.0 Å². The number of rotatable bonds is 7. The van der Waals surface area contributed by atoms with Crippen LogP contribution in [0, 0.1) is 13.8 Å². The maximum atomic E-state index is 12.9. The van der Waals surface area contributed by atoms with E-state index < -0.39 is 0 Å². The molecular formula is C25H25N3O3. The summed E-state index contributed by atoms with van der Waals surface area (Å²) in [6.07, 6.45) is 0. The SMILES string of the molecule is COc1ccccc1OCc1nc2ccccc2n1CC(=O)Nc1ccc(C)cc1C. The number of carbonyl (C=O) groups excluding carboxylic acids is 1. The van der Waals surface area contributed by atoms with Crippen molar-refractivity contribution in [3.8, 4) is 11.5 Å². The van der Waals surface area contributed by atoms with Crippen LogP contribution in [0.2, 0.25) is 0 Å². The van der Waals surface area contributed by atoms with Crippen LogP contribution in [0.3, 0.4) is 0 Å². The molecule has 0 fully saturated rings. The summed E-state index contributed by atoms with van der Waals surface area (Å²) in [5.41, 5.74) is 4.71. The van der Waals surface area contributed by atoms with Crippen molar-refractivity contribution in [2.75, 3.05) is 12.4 Å². The number of benzene rings is 3. The first-order valence-corrected chi connectivity index (χ1v) is 10.1. The van der Waals surface area contributed by atoms with Crippen molar-refractivity contribution in [2.45, 2.75) is 27.0 Å². The van der Waals surface area contributed by atoms with Crippen LogP contribution in [0.25, 0.3) is 11.0 Å². The van der Waals surface area contributed by atoms with Gasteiger partial charge >= 0.3 is 0 Å². The molecule has 1 N–H and O–H groups in total. The van der Waals surface area contributed by atoms with Gasteiger partial charge in [-0.3, -0.25) is 4.79 Å². The molecule has 0 aliphatic carbocycles. The fourth-order valence-corrected chi connectivity index (χ4v) is 3.58. The van der Waals surface area contributed by atoms with Crippen LogP contribution in [0.5, 0.6) is 11.5 Å². The molecule has 1 aromatic heterocycles. The minimum atomic E-state index is -0.117. The molecule has 31 heavy (non-hydrogen) atoms. The molecule has 1 amide bonds. The Hall–Kier alpha value is -3.80. The Morgan fingerprint density at radius 1 is 1.00 bits per heavy atom. The summed E-state index contributed by atoms with van der Waals surface area (Å²) in [4.78, 5) is 17.6. The van der Waals surface area contributed by atoms with Gasteiger partial charge in [-0.1, -0.05) is 42.0 Å². The van der Waals surface area contributed by atoms with Crippen molar-refractivity contribution in [1.29, 1.82) is 0 Å². The highest BCUT2D eigenvalue weighted by Crippen LogP contribution is 2.27. The number of nitrogens with zero attached hydrogens (tertiary/aromatic N) is 2. The molecule has 1 heterocycles. The summed E-state index contributed by atoms with van der Waals surface area (Å²) in [7, 11) is 1.61. The molecule has 4 rings (SSSR count). The molecular weight excluding hydrogens is 390 g/mol. The van der Waals surface area contributed by atoms with Crippen molar-refractivity contribution in [3.63, 3.8) is 0 Å². The Labute approximate surface area is 181 Å². The third kappa shape index (κ3) is 4.53. The van der Waals surface area contributed by atoms with Crippen LogP contribution in [0.15, 0.2) is 66.7 Å². The van der Waals surface area contributed by atoms with Gasteiger partial charge in [-0.05, 0) is 49.7 Å². The summed E-state index contributed by atoms with van der Waals surface area (Å²) in [5.74, 6) is 1.83. The molecule has 0 saturated heterocycles. The molecule has 0 bridgehead atoms. The summed E-state index contributed by atoms with van der Waals surface area (Å²) < 4.78 is 13.2. The van der Waals surface area contributed by atoms with Gasteiger partial charge < -0.3 is 19.4 Å². The summed E-state index contributed by atoms with van der Waals surface area (Å²) in [6, 6.07) is 21.2. The molecule has 0 aliphatic rings. The second kappa shape index (κ2) is 8.92.